The second-order valence-electron chi connectivity index (χ2n) is 5.71. The molecule has 1 aliphatic rings. The lowest BCUT2D eigenvalue weighted by atomic mass is 9.92. The highest BCUT2D eigenvalue weighted by molar-refractivity contribution is 7.89. The minimum absolute atomic E-state index is 0.0309. The number of sulfonamides is 1. The van der Waals surface area contributed by atoms with Gasteiger partial charge >= 0.3 is 11.9 Å². The van der Waals surface area contributed by atoms with Crippen LogP contribution in [-0.4, -0.2) is 50.0 Å². The third kappa shape index (κ3) is 3.70. The highest BCUT2D eigenvalue weighted by atomic mass is 32.2. The highest BCUT2D eigenvalue weighted by Crippen LogP contribution is 2.27. The van der Waals surface area contributed by atoms with Crippen LogP contribution in [0.15, 0.2) is 29.2 Å². The largest absolute Gasteiger partial charge is 0.481 e. The Morgan fingerprint density at radius 1 is 1.22 bits per heavy atom. The molecule has 0 aliphatic carbocycles. The van der Waals surface area contributed by atoms with Gasteiger partial charge in [-0.15, -0.1) is 0 Å². The van der Waals surface area contributed by atoms with Crippen LogP contribution in [0.3, 0.4) is 0 Å². The maximum Gasteiger partial charge on any atom is 0.337 e. The Kier molecular flexibility index (Phi) is 5.06. The second kappa shape index (κ2) is 6.67. The van der Waals surface area contributed by atoms with E-state index in [1.54, 1.807) is 0 Å². The lowest BCUT2D eigenvalue weighted by Gasteiger charge is -2.33. The quantitative estimate of drug-likeness (QED) is 0.826. The topological polar surface area (TPSA) is 101 Å². The molecule has 0 amide bonds. The number of hydrogen-bond acceptors (Lipinski definition) is 5. The third-order valence-corrected chi connectivity index (χ3v) is 5.73. The molecule has 0 aromatic heterocycles. The Morgan fingerprint density at radius 3 is 2.35 bits per heavy atom. The number of carbonyl (C=O) groups excluding carboxylic acids is 1. The molecule has 126 valence electrons. The van der Waals surface area contributed by atoms with Gasteiger partial charge in [0.15, 0.2) is 0 Å². The van der Waals surface area contributed by atoms with Crippen molar-refractivity contribution in [2.45, 2.75) is 18.2 Å². The number of nitrogens with zero attached hydrogens (tertiary/aromatic N) is 1. The molecule has 23 heavy (non-hydrogen) atoms. The van der Waals surface area contributed by atoms with Crippen LogP contribution in [0.5, 0.6) is 0 Å². The Hall–Kier alpha value is -1.93. The van der Waals surface area contributed by atoms with Crippen molar-refractivity contribution in [3.05, 3.63) is 29.8 Å². The zero-order valence-electron chi connectivity index (χ0n) is 12.9. The lowest BCUT2D eigenvalue weighted by Crippen LogP contribution is -2.45. The number of carbonyl (C=O) groups is 2. The van der Waals surface area contributed by atoms with Crippen LogP contribution in [0.4, 0.5) is 0 Å². The van der Waals surface area contributed by atoms with Gasteiger partial charge in [-0.25, -0.2) is 13.2 Å². The molecule has 8 heteroatoms. The summed E-state index contributed by atoms with van der Waals surface area (Å²) in [4.78, 5) is 22.6. The Balaban J connectivity index is 2.26. The lowest BCUT2D eigenvalue weighted by molar-refractivity contribution is -0.143. The second-order valence-corrected chi connectivity index (χ2v) is 7.65. The fraction of sp³-hybridized carbons (Fsp3) is 0.467. The Bertz CT molecular complexity index is 697. The zero-order valence-corrected chi connectivity index (χ0v) is 13.7. The number of benzene rings is 1. The molecule has 1 fully saturated rings. The minimum atomic E-state index is -3.79. The standard InChI is InChI=1S/C15H19NO6S/c1-10-7-12(14(17)18)9-16(8-10)23(20,21)13-5-3-11(4-6-13)15(19)22-2/h3-6,10,12H,7-9H2,1-2H3,(H,17,18). The maximum atomic E-state index is 12.7. The molecule has 0 bridgehead atoms. The molecule has 7 nitrogen and oxygen atoms in total. The van der Waals surface area contributed by atoms with Crippen LogP contribution in [0.25, 0.3) is 0 Å². The van der Waals surface area contributed by atoms with Crippen LogP contribution in [0.2, 0.25) is 0 Å². The summed E-state index contributed by atoms with van der Waals surface area (Å²) >= 11 is 0. The van der Waals surface area contributed by atoms with E-state index in [4.69, 9.17) is 5.11 Å². The van der Waals surface area contributed by atoms with Crippen molar-refractivity contribution in [3.63, 3.8) is 0 Å². The van der Waals surface area contributed by atoms with Crippen molar-refractivity contribution in [1.29, 1.82) is 0 Å². The van der Waals surface area contributed by atoms with Crippen LogP contribution in [0, 0.1) is 11.8 Å². The molecule has 1 N–H and O–H groups in total. The van der Waals surface area contributed by atoms with E-state index in [1.165, 1.54) is 35.7 Å². The number of methoxy groups -OCH3 is 1. The van der Waals surface area contributed by atoms with Crippen LogP contribution >= 0.6 is 0 Å². The fourth-order valence-corrected chi connectivity index (χ4v) is 4.31. The van der Waals surface area contributed by atoms with Gasteiger partial charge in [0.05, 0.1) is 23.5 Å². The number of piperidine rings is 1. The van der Waals surface area contributed by atoms with Crippen molar-refractivity contribution in [3.8, 4) is 0 Å². The average Bonchev–Trinajstić information content (AvgIpc) is 2.53. The summed E-state index contributed by atoms with van der Waals surface area (Å²) in [6.07, 6.45) is 0.461. The fourth-order valence-electron chi connectivity index (χ4n) is 2.71. The first-order valence-corrected chi connectivity index (χ1v) is 8.61. The number of aliphatic carboxylic acids is 1. The molecule has 0 saturated carbocycles. The zero-order chi connectivity index (χ0) is 17.2. The summed E-state index contributed by atoms with van der Waals surface area (Å²) in [6, 6.07) is 5.41. The molecular weight excluding hydrogens is 322 g/mol. The monoisotopic (exact) mass is 341 g/mol. The van der Waals surface area contributed by atoms with E-state index in [-0.39, 0.29) is 29.5 Å². The molecule has 1 aromatic carbocycles. The van der Waals surface area contributed by atoms with E-state index in [1.807, 2.05) is 6.92 Å². The number of carboxylic acid groups (broad SMARTS) is 1. The van der Waals surface area contributed by atoms with Crippen LogP contribution in [-0.2, 0) is 19.6 Å². The van der Waals surface area contributed by atoms with E-state index < -0.39 is 27.9 Å². The maximum absolute atomic E-state index is 12.7. The van der Waals surface area contributed by atoms with Crippen LogP contribution < -0.4 is 0 Å². The summed E-state index contributed by atoms with van der Waals surface area (Å²) in [5.74, 6) is -2.28. The Morgan fingerprint density at radius 2 is 1.83 bits per heavy atom. The van der Waals surface area contributed by atoms with Crippen molar-refractivity contribution < 1.29 is 27.9 Å². The van der Waals surface area contributed by atoms with Gasteiger partial charge in [-0.3, -0.25) is 4.79 Å². The van der Waals surface area contributed by atoms with E-state index in [0.717, 1.165) is 0 Å². The molecule has 2 rings (SSSR count). The summed E-state index contributed by atoms with van der Waals surface area (Å²) in [5.41, 5.74) is 0.252. The molecule has 1 aromatic rings. The minimum Gasteiger partial charge on any atom is -0.481 e. The molecule has 2 unspecified atom stereocenters. The summed E-state index contributed by atoms with van der Waals surface area (Å²) in [7, 11) is -2.55. The first-order valence-electron chi connectivity index (χ1n) is 7.17. The van der Waals surface area contributed by atoms with Gasteiger partial charge in [0.1, 0.15) is 0 Å². The summed E-state index contributed by atoms with van der Waals surface area (Å²) in [5, 5.41) is 9.16. The van der Waals surface area contributed by atoms with Crippen molar-refractivity contribution in [2.75, 3.05) is 20.2 Å². The normalized spacial score (nSPS) is 22.5. The first-order chi connectivity index (χ1) is 10.8. The van der Waals surface area contributed by atoms with Crippen molar-refractivity contribution >= 4 is 22.0 Å². The number of ether oxygens (including phenoxy) is 1. The van der Waals surface area contributed by atoms with Gasteiger partial charge in [0.2, 0.25) is 10.0 Å². The van der Waals surface area contributed by atoms with Gasteiger partial charge in [0.25, 0.3) is 0 Å². The number of hydrogen-bond donors (Lipinski definition) is 1. The van der Waals surface area contributed by atoms with Gasteiger partial charge in [-0.05, 0) is 36.6 Å². The van der Waals surface area contributed by atoms with E-state index in [0.29, 0.717) is 6.42 Å². The Labute approximate surface area is 134 Å². The van der Waals surface area contributed by atoms with Crippen molar-refractivity contribution in [1.82, 2.24) is 4.31 Å². The first kappa shape index (κ1) is 17.4. The van der Waals surface area contributed by atoms with Crippen molar-refractivity contribution in [2.24, 2.45) is 11.8 Å². The summed E-state index contributed by atoms with van der Waals surface area (Å²) in [6.45, 7) is 2.07. The van der Waals surface area contributed by atoms with E-state index in [9.17, 15) is 18.0 Å². The third-order valence-electron chi connectivity index (χ3n) is 3.89. The van der Waals surface area contributed by atoms with Gasteiger partial charge in [0, 0.05) is 13.1 Å². The van der Waals surface area contributed by atoms with Gasteiger partial charge < -0.3 is 9.84 Å². The van der Waals surface area contributed by atoms with E-state index in [2.05, 4.69) is 4.74 Å². The van der Waals surface area contributed by atoms with Gasteiger partial charge in [-0.2, -0.15) is 4.31 Å². The molecule has 0 radical (unpaired) electrons. The number of esters is 1. The molecule has 0 spiro atoms. The highest BCUT2D eigenvalue weighted by Gasteiger charge is 2.36. The predicted molar refractivity (Wildman–Crippen MR) is 81.4 cm³/mol. The smallest absolute Gasteiger partial charge is 0.337 e. The summed E-state index contributed by atoms with van der Waals surface area (Å²) < 4.78 is 31.1. The number of carboxylic acids is 1. The molecule has 1 heterocycles. The predicted octanol–water partition coefficient (Wildman–Crippen LogP) is 1.20. The van der Waals surface area contributed by atoms with Gasteiger partial charge in [-0.1, -0.05) is 6.92 Å². The SMILES string of the molecule is COC(=O)c1ccc(S(=O)(=O)N2CC(C)CC(C(=O)O)C2)cc1. The average molecular weight is 341 g/mol. The van der Waals surface area contributed by atoms with E-state index >= 15 is 0 Å². The van der Waals surface area contributed by atoms with Crippen LogP contribution in [0.1, 0.15) is 23.7 Å². The molecule has 2 atom stereocenters. The molecular formula is C15H19NO6S. The molecule has 1 saturated heterocycles. The molecule has 1 aliphatic heterocycles. The number of rotatable bonds is 4.